The number of hydrogen-bond acceptors (Lipinski definition) is 1. The first-order valence-electron chi connectivity index (χ1n) is 5.32. The van der Waals surface area contributed by atoms with Crippen LogP contribution in [0.4, 0.5) is 0 Å². The van der Waals surface area contributed by atoms with Gasteiger partial charge in [-0.15, -0.1) is 0 Å². The summed E-state index contributed by atoms with van der Waals surface area (Å²) in [6, 6.07) is 0. The normalized spacial score (nSPS) is 10.4. The van der Waals surface area contributed by atoms with Crippen LogP contribution >= 0.6 is 0 Å². The van der Waals surface area contributed by atoms with Gasteiger partial charge in [-0.25, -0.2) is 0 Å². The van der Waals surface area contributed by atoms with E-state index >= 15 is 0 Å². The SMILES string of the molecule is C=C(C)/C=C\C(=C)OCCCCCC. The first-order chi connectivity index (χ1) is 6.66. The molecule has 0 aromatic rings. The van der Waals surface area contributed by atoms with E-state index in [2.05, 4.69) is 20.1 Å². The Balaban J connectivity index is 3.40. The molecule has 0 rings (SSSR count). The zero-order valence-corrected chi connectivity index (χ0v) is 9.51. The first kappa shape index (κ1) is 13.0. The Bertz CT molecular complexity index is 201. The van der Waals surface area contributed by atoms with Gasteiger partial charge in [-0.2, -0.15) is 0 Å². The number of unbranched alkanes of at least 4 members (excludes halogenated alkanes) is 3. The standard InChI is InChI=1S/C13H22O/c1-5-6-7-8-11-14-13(4)10-9-12(2)3/h9-10H,2,4-8,11H2,1,3H3/b10-9-. The molecule has 0 aromatic heterocycles. The molecule has 1 nitrogen and oxygen atoms in total. The van der Waals surface area contributed by atoms with Crippen LogP contribution in [0.5, 0.6) is 0 Å². The van der Waals surface area contributed by atoms with Gasteiger partial charge in [0.25, 0.3) is 0 Å². The number of rotatable bonds is 8. The molecule has 0 radical (unpaired) electrons. The minimum absolute atomic E-state index is 0.726. The Hall–Kier alpha value is -0.980. The van der Waals surface area contributed by atoms with Gasteiger partial charge in [0.15, 0.2) is 0 Å². The molecule has 80 valence electrons. The molecule has 0 saturated carbocycles. The van der Waals surface area contributed by atoms with Gasteiger partial charge in [-0.05, 0) is 19.4 Å². The summed E-state index contributed by atoms with van der Waals surface area (Å²) < 4.78 is 5.42. The van der Waals surface area contributed by atoms with E-state index < -0.39 is 0 Å². The van der Waals surface area contributed by atoms with Crippen molar-refractivity contribution in [3.8, 4) is 0 Å². The Kier molecular flexibility index (Phi) is 8.01. The van der Waals surface area contributed by atoms with Gasteiger partial charge in [0.2, 0.25) is 0 Å². The van der Waals surface area contributed by atoms with Gasteiger partial charge in [0.05, 0.1) is 6.61 Å². The molecule has 0 aliphatic heterocycles. The van der Waals surface area contributed by atoms with Crippen molar-refractivity contribution in [3.05, 3.63) is 36.6 Å². The third-order valence-electron chi connectivity index (χ3n) is 1.84. The summed E-state index contributed by atoms with van der Waals surface area (Å²) in [7, 11) is 0. The largest absolute Gasteiger partial charge is 0.494 e. The first-order valence-corrected chi connectivity index (χ1v) is 5.32. The lowest BCUT2D eigenvalue weighted by Crippen LogP contribution is -1.92. The van der Waals surface area contributed by atoms with Crippen LogP contribution in [-0.4, -0.2) is 6.61 Å². The number of allylic oxidation sites excluding steroid dienone is 3. The summed E-state index contributed by atoms with van der Waals surface area (Å²) in [4.78, 5) is 0. The number of hydrogen-bond donors (Lipinski definition) is 0. The van der Waals surface area contributed by atoms with E-state index in [-0.39, 0.29) is 0 Å². The summed E-state index contributed by atoms with van der Waals surface area (Å²) >= 11 is 0. The molecule has 0 atom stereocenters. The van der Waals surface area contributed by atoms with Crippen LogP contribution in [0.1, 0.15) is 39.5 Å². The third-order valence-corrected chi connectivity index (χ3v) is 1.84. The molecule has 0 aliphatic carbocycles. The van der Waals surface area contributed by atoms with Crippen molar-refractivity contribution in [1.29, 1.82) is 0 Å². The van der Waals surface area contributed by atoms with Crippen molar-refractivity contribution in [2.45, 2.75) is 39.5 Å². The maximum absolute atomic E-state index is 5.42. The quantitative estimate of drug-likeness (QED) is 0.319. The predicted octanol–water partition coefficient (Wildman–Crippen LogP) is 4.23. The topological polar surface area (TPSA) is 9.23 Å². The van der Waals surface area contributed by atoms with E-state index in [9.17, 15) is 0 Å². The summed E-state index contributed by atoms with van der Waals surface area (Å²) in [6.45, 7) is 12.5. The van der Waals surface area contributed by atoms with E-state index in [4.69, 9.17) is 4.74 Å². The van der Waals surface area contributed by atoms with Gasteiger partial charge in [-0.1, -0.05) is 51.0 Å². The van der Waals surface area contributed by atoms with Crippen LogP contribution < -0.4 is 0 Å². The molecule has 0 unspecified atom stereocenters. The highest BCUT2D eigenvalue weighted by atomic mass is 16.5. The molecule has 0 amide bonds. The highest BCUT2D eigenvalue weighted by molar-refractivity contribution is 5.19. The molecule has 0 heterocycles. The lowest BCUT2D eigenvalue weighted by molar-refractivity contribution is 0.218. The molecule has 0 saturated heterocycles. The van der Waals surface area contributed by atoms with Crippen molar-refractivity contribution >= 4 is 0 Å². The van der Waals surface area contributed by atoms with Crippen LogP contribution in [0.2, 0.25) is 0 Å². The molecule has 0 N–H and O–H groups in total. The maximum atomic E-state index is 5.42. The monoisotopic (exact) mass is 194 g/mol. The maximum Gasteiger partial charge on any atom is 0.112 e. The molecular weight excluding hydrogens is 172 g/mol. The Labute approximate surface area is 88.2 Å². The van der Waals surface area contributed by atoms with Crippen LogP contribution in [-0.2, 0) is 4.74 Å². The average molecular weight is 194 g/mol. The van der Waals surface area contributed by atoms with Crippen LogP contribution in [0.15, 0.2) is 36.6 Å². The summed E-state index contributed by atoms with van der Waals surface area (Å²) in [6.07, 6.45) is 8.69. The zero-order chi connectivity index (χ0) is 10.8. The van der Waals surface area contributed by atoms with Gasteiger partial charge in [0.1, 0.15) is 5.76 Å². The van der Waals surface area contributed by atoms with Crippen molar-refractivity contribution in [3.63, 3.8) is 0 Å². The minimum atomic E-state index is 0.726. The molecule has 0 bridgehead atoms. The summed E-state index contributed by atoms with van der Waals surface area (Å²) in [5, 5.41) is 0. The smallest absolute Gasteiger partial charge is 0.112 e. The summed E-state index contributed by atoms with van der Waals surface area (Å²) in [5.41, 5.74) is 1.01. The average Bonchev–Trinajstić information content (AvgIpc) is 2.14. The molecule has 0 fully saturated rings. The van der Waals surface area contributed by atoms with E-state index in [0.717, 1.165) is 24.4 Å². The van der Waals surface area contributed by atoms with E-state index in [0.29, 0.717) is 0 Å². The highest BCUT2D eigenvalue weighted by Gasteiger charge is 1.90. The van der Waals surface area contributed by atoms with Gasteiger partial charge < -0.3 is 4.74 Å². The van der Waals surface area contributed by atoms with Gasteiger partial charge in [-0.3, -0.25) is 0 Å². The Morgan fingerprint density at radius 2 is 1.86 bits per heavy atom. The molecule has 0 aromatic carbocycles. The molecule has 0 spiro atoms. The second kappa shape index (κ2) is 8.61. The Morgan fingerprint density at radius 3 is 2.43 bits per heavy atom. The lowest BCUT2D eigenvalue weighted by atomic mass is 10.2. The number of ether oxygens (including phenoxy) is 1. The van der Waals surface area contributed by atoms with Crippen LogP contribution in [0.3, 0.4) is 0 Å². The van der Waals surface area contributed by atoms with E-state index in [1.165, 1.54) is 19.3 Å². The van der Waals surface area contributed by atoms with Gasteiger partial charge in [0, 0.05) is 0 Å². The van der Waals surface area contributed by atoms with E-state index in [1.54, 1.807) is 0 Å². The fourth-order valence-corrected chi connectivity index (χ4v) is 1.02. The zero-order valence-electron chi connectivity index (χ0n) is 9.51. The minimum Gasteiger partial charge on any atom is -0.494 e. The van der Waals surface area contributed by atoms with Crippen LogP contribution in [0.25, 0.3) is 0 Å². The summed E-state index contributed by atoms with van der Waals surface area (Å²) in [5.74, 6) is 0.726. The highest BCUT2D eigenvalue weighted by Crippen LogP contribution is 2.03. The van der Waals surface area contributed by atoms with Crippen molar-refractivity contribution in [2.75, 3.05) is 6.61 Å². The molecule has 1 heteroatoms. The van der Waals surface area contributed by atoms with Crippen molar-refractivity contribution in [1.82, 2.24) is 0 Å². The second-order valence-corrected chi connectivity index (χ2v) is 3.56. The Morgan fingerprint density at radius 1 is 1.14 bits per heavy atom. The van der Waals surface area contributed by atoms with Crippen LogP contribution in [0, 0.1) is 0 Å². The van der Waals surface area contributed by atoms with Gasteiger partial charge >= 0.3 is 0 Å². The van der Waals surface area contributed by atoms with Crippen molar-refractivity contribution in [2.24, 2.45) is 0 Å². The van der Waals surface area contributed by atoms with Crippen molar-refractivity contribution < 1.29 is 4.74 Å². The third kappa shape index (κ3) is 9.11. The fraction of sp³-hybridized carbons (Fsp3) is 0.538. The fourth-order valence-electron chi connectivity index (χ4n) is 1.02. The molecule has 14 heavy (non-hydrogen) atoms. The molecule has 0 aliphatic rings. The second-order valence-electron chi connectivity index (χ2n) is 3.56. The predicted molar refractivity (Wildman–Crippen MR) is 63.2 cm³/mol. The van der Waals surface area contributed by atoms with E-state index in [1.807, 2.05) is 19.1 Å². The molecular formula is C13H22O. The lowest BCUT2D eigenvalue weighted by Gasteiger charge is -2.04.